The highest BCUT2D eigenvalue weighted by molar-refractivity contribution is 5.76. The van der Waals surface area contributed by atoms with Crippen LogP contribution in [0.2, 0.25) is 0 Å². The maximum absolute atomic E-state index is 12.1. The number of aromatic nitrogens is 2. The van der Waals surface area contributed by atoms with Crippen molar-refractivity contribution in [3.05, 3.63) is 18.2 Å². The first kappa shape index (κ1) is 12.1. The van der Waals surface area contributed by atoms with Crippen LogP contribution < -0.4 is 5.32 Å². The van der Waals surface area contributed by atoms with Crippen molar-refractivity contribution >= 4 is 5.91 Å². The molecule has 1 heterocycles. The molecule has 0 saturated heterocycles. The number of carbonyl (C=O) groups excluding carboxylic acids is 1. The van der Waals surface area contributed by atoms with E-state index in [4.69, 9.17) is 0 Å². The summed E-state index contributed by atoms with van der Waals surface area (Å²) in [4.78, 5) is 18.3. The molecule has 0 atom stereocenters. The van der Waals surface area contributed by atoms with E-state index in [1.807, 2.05) is 29.6 Å². The molecule has 94 valence electrons. The largest absolute Gasteiger partial charge is 0.338 e. The number of amides is 1. The van der Waals surface area contributed by atoms with Gasteiger partial charge < -0.3 is 14.8 Å². The topological polar surface area (TPSA) is 50.2 Å². The lowest BCUT2D eigenvalue weighted by Crippen LogP contribution is -2.35. The highest BCUT2D eigenvalue weighted by Gasteiger charge is 2.31. The molecular weight excluding hydrogens is 216 g/mol. The van der Waals surface area contributed by atoms with E-state index in [0.717, 1.165) is 25.2 Å². The van der Waals surface area contributed by atoms with Gasteiger partial charge in [0.1, 0.15) is 12.4 Å². The third-order valence-corrected chi connectivity index (χ3v) is 3.09. The number of nitrogens with zero attached hydrogens (tertiary/aromatic N) is 3. The number of hydrogen-bond donors (Lipinski definition) is 1. The second-order valence-electron chi connectivity index (χ2n) is 4.41. The average Bonchev–Trinajstić information content (AvgIpc) is 3.04. The summed E-state index contributed by atoms with van der Waals surface area (Å²) in [6, 6.07) is 0.490. The van der Waals surface area contributed by atoms with Crippen LogP contribution in [0.1, 0.15) is 25.6 Å². The molecule has 0 spiro atoms. The van der Waals surface area contributed by atoms with Crippen LogP contribution in [0.15, 0.2) is 12.4 Å². The first-order valence-electron chi connectivity index (χ1n) is 6.20. The van der Waals surface area contributed by atoms with Crippen LogP contribution in [0.3, 0.4) is 0 Å². The van der Waals surface area contributed by atoms with E-state index in [0.29, 0.717) is 19.1 Å². The number of hydrogen-bond acceptors (Lipinski definition) is 3. The van der Waals surface area contributed by atoms with E-state index in [1.165, 1.54) is 0 Å². The normalized spacial score (nSPS) is 14.9. The van der Waals surface area contributed by atoms with Crippen molar-refractivity contribution in [3.63, 3.8) is 0 Å². The molecule has 2 rings (SSSR count). The fourth-order valence-electron chi connectivity index (χ4n) is 2.07. The van der Waals surface area contributed by atoms with Gasteiger partial charge in [0.05, 0.1) is 6.54 Å². The minimum atomic E-state index is 0.199. The number of nitrogens with one attached hydrogen (secondary N) is 1. The smallest absolute Gasteiger partial charge is 0.242 e. The molecule has 1 aromatic rings. The molecule has 5 nitrogen and oxygen atoms in total. The van der Waals surface area contributed by atoms with E-state index in [1.54, 1.807) is 6.20 Å². The molecular formula is C12H20N4O. The van der Waals surface area contributed by atoms with Crippen molar-refractivity contribution in [2.24, 2.45) is 0 Å². The molecule has 1 amide bonds. The molecule has 0 unspecified atom stereocenters. The summed E-state index contributed by atoms with van der Waals surface area (Å²) in [5.41, 5.74) is 0. The van der Waals surface area contributed by atoms with Gasteiger partial charge in [-0.25, -0.2) is 4.98 Å². The van der Waals surface area contributed by atoms with Crippen molar-refractivity contribution in [1.29, 1.82) is 0 Å². The lowest BCUT2D eigenvalue weighted by Gasteiger charge is -2.21. The maximum atomic E-state index is 12.1. The SMILES string of the molecule is CCN(C(=O)Cn1ccnc1CNC)C1CC1. The fraction of sp³-hybridized carbons (Fsp3) is 0.667. The molecule has 1 aliphatic rings. The third kappa shape index (κ3) is 2.85. The maximum Gasteiger partial charge on any atom is 0.242 e. The van der Waals surface area contributed by atoms with E-state index in [9.17, 15) is 4.79 Å². The third-order valence-electron chi connectivity index (χ3n) is 3.09. The number of carbonyl (C=O) groups is 1. The Balaban J connectivity index is 1.98. The quantitative estimate of drug-likeness (QED) is 0.787. The Morgan fingerprint density at radius 1 is 1.65 bits per heavy atom. The second kappa shape index (κ2) is 5.31. The number of likely N-dealkylation sites (N-methyl/N-ethyl adjacent to an activating group) is 1. The summed E-state index contributed by atoms with van der Waals surface area (Å²) in [6.45, 7) is 3.94. The van der Waals surface area contributed by atoms with E-state index in [2.05, 4.69) is 10.3 Å². The van der Waals surface area contributed by atoms with Crippen molar-refractivity contribution in [3.8, 4) is 0 Å². The Morgan fingerprint density at radius 2 is 2.41 bits per heavy atom. The molecule has 0 radical (unpaired) electrons. The number of imidazole rings is 1. The van der Waals surface area contributed by atoms with Crippen molar-refractivity contribution in [2.75, 3.05) is 13.6 Å². The Hall–Kier alpha value is -1.36. The lowest BCUT2D eigenvalue weighted by molar-refractivity contribution is -0.132. The van der Waals surface area contributed by atoms with Crippen LogP contribution in [-0.4, -0.2) is 40.0 Å². The van der Waals surface area contributed by atoms with E-state index in [-0.39, 0.29) is 5.91 Å². The standard InChI is InChI=1S/C12H20N4O/c1-3-16(10-4-5-10)12(17)9-15-7-6-14-11(15)8-13-2/h6-7,10,13H,3-5,8-9H2,1-2H3. The Morgan fingerprint density at radius 3 is 3.00 bits per heavy atom. The zero-order valence-electron chi connectivity index (χ0n) is 10.5. The molecule has 1 N–H and O–H groups in total. The minimum absolute atomic E-state index is 0.199. The van der Waals surface area contributed by atoms with Crippen LogP contribution in [0.25, 0.3) is 0 Å². The van der Waals surface area contributed by atoms with Crippen LogP contribution in [0, 0.1) is 0 Å². The van der Waals surface area contributed by atoms with Gasteiger partial charge in [0.15, 0.2) is 0 Å². The summed E-state index contributed by atoms with van der Waals surface area (Å²) < 4.78 is 1.92. The Bertz CT molecular complexity index is 384. The average molecular weight is 236 g/mol. The molecule has 0 aliphatic heterocycles. The van der Waals surface area contributed by atoms with E-state index < -0.39 is 0 Å². The van der Waals surface area contributed by atoms with Gasteiger partial charge in [-0.2, -0.15) is 0 Å². The van der Waals surface area contributed by atoms with Crippen molar-refractivity contribution in [1.82, 2.24) is 19.8 Å². The zero-order valence-corrected chi connectivity index (χ0v) is 10.5. The van der Waals surface area contributed by atoms with Gasteiger partial charge in [-0.1, -0.05) is 0 Å². The monoisotopic (exact) mass is 236 g/mol. The van der Waals surface area contributed by atoms with Gasteiger partial charge in [0.25, 0.3) is 0 Å². The second-order valence-corrected chi connectivity index (χ2v) is 4.41. The predicted molar refractivity (Wildman–Crippen MR) is 65.4 cm³/mol. The van der Waals surface area contributed by atoms with Gasteiger partial charge in [-0.05, 0) is 26.8 Å². The molecule has 1 saturated carbocycles. The van der Waals surface area contributed by atoms with Crippen molar-refractivity contribution < 1.29 is 4.79 Å². The highest BCUT2D eigenvalue weighted by atomic mass is 16.2. The van der Waals surface area contributed by atoms with E-state index >= 15 is 0 Å². The summed E-state index contributed by atoms with van der Waals surface area (Å²) >= 11 is 0. The van der Waals surface area contributed by atoms with Gasteiger partial charge in [-0.3, -0.25) is 4.79 Å². The van der Waals surface area contributed by atoms with Gasteiger partial charge in [0, 0.05) is 25.0 Å². The molecule has 1 aliphatic carbocycles. The minimum Gasteiger partial charge on any atom is -0.338 e. The molecule has 17 heavy (non-hydrogen) atoms. The summed E-state index contributed by atoms with van der Waals surface area (Å²) in [7, 11) is 1.88. The lowest BCUT2D eigenvalue weighted by atomic mass is 10.4. The summed E-state index contributed by atoms with van der Waals surface area (Å²) in [5.74, 6) is 1.11. The van der Waals surface area contributed by atoms with Crippen molar-refractivity contribution in [2.45, 2.75) is 38.9 Å². The van der Waals surface area contributed by atoms with Crippen LogP contribution in [0.4, 0.5) is 0 Å². The first-order chi connectivity index (χ1) is 8.26. The van der Waals surface area contributed by atoms with Gasteiger partial charge in [-0.15, -0.1) is 0 Å². The Kier molecular flexibility index (Phi) is 3.78. The first-order valence-corrected chi connectivity index (χ1v) is 6.20. The number of rotatable bonds is 6. The van der Waals surface area contributed by atoms with Crippen LogP contribution >= 0.6 is 0 Å². The molecule has 5 heteroatoms. The van der Waals surface area contributed by atoms with Crippen LogP contribution in [-0.2, 0) is 17.9 Å². The Labute approximate surface area is 102 Å². The van der Waals surface area contributed by atoms with Gasteiger partial charge >= 0.3 is 0 Å². The van der Waals surface area contributed by atoms with Crippen LogP contribution in [0.5, 0.6) is 0 Å². The highest BCUT2D eigenvalue weighted by Crippen LogP contribution is 2.26. The zero-order chi connectivity index (χ0) is 12.3. The summed E-state index contributed by atoms with van der Waals surface area (Å²) in [6.07, 6.45) is 5.93. The molecule has 0 aromatic carbocycles. The summed E-state index contributed by atoms with van der Waals surface area (Å²) in [5, 5.41) is 3.05. The fourth-order valence-corrected chi connectivity index (χ4v) is 2.07. The molecule has 1 fully saturated rings. The molecule has 0 bridgehead atoms. The molecule has 1 aromatic heterocycles. The predicted octanol–water partition coefficient (Wildman–Crippen LogP) is 0.613. The van der Waals surface area contributed by atoms with Gasteiger partial charge in [0.2, 0.25) is 5.91 Å².